The number of para-hydroxylation sites is 1. The number of unbranched alkanes of at least 4 members (excludes halogenated alkanes) is 1. The van der Waals surface area contributed by atoms with Crippen molar-refractivity contribution in [3.8, 4) is 11.5 Å². The molecular formula is C18H20O3. The normalized spacial score (nSPS) is 10.3. The lowest BCUT2D eigenvalue weighted by atomic mass is 10.1. The molecule has 1 N–H and O–H groups in total. The Labute approximate surface area is 125 Å². The van der Waals surface area contributed by atoms with Gasteiger partial charge in [0.25, 0.3) is 0 Å². The third-order valence-electron chi connectivity index (χ3n) is 3.34. The van der Waals surface area contributed by atoms with Crippen LogP contribution >= 0.6 is 0 Å². The molecule has 110 valence electrons. The van der Waals surface area contributed by atoms with E-state index in [1.807, 2.05) is 31.2 Å². The molecule has 3 heteroatoms. The fourth-order valence-electron chi connectivity index (χ4n) is 2.08. The number of rotatable bonds is 7. The molecule has 0 aliphatic carbocycles. The minimum atomic E-state index is 0.103. The van der Waals surface area contributed by atoms with Gasteiger partial charge in [0.2, 0.25) is 0 Å². The molecule has 0 spiro atoms. The molecule has 21 heavy (non-hydrogen) atoms. The van der Waals surface area contributed by atoms with Gasteiger partial charge in [-0.1, -0.05) is 18.2 Å². The highest BCUT2D eigenvalue weighted by molar-refractivity contribution is 5.96. The fourth-order valence-corrected chi connectivity index (χ4v) is 2.08. The first-order valence-electron chi connectivity index (χ1n) is 7.17. The Balaban J connectivity index is 1.69. The molecule has 2 rings (SSSR count). The number of hydrogen-bond donors (Lipinski definition) is 1. The Morgan fingerprint density at radius 2 is 1.76 bits per heavy atom. The number of benzene rings is 2. The maximum atomic E-state index is 11.9. The molecular weight excluding hydrogens is 264 g/mol. The van der Waals surface area contributed by atoms with Crippen molar-refractivity contribution >= 4 is 5.78 Å². The third-order valence-corrected chi connectivity index (χ3v) is 3.34. The highest BCUT2D eigenvalue weighted by Crippen LogP contribution is 2.17. The first kappa shape index (κ1) is 15.1. The molecule has 3 nitrogen and oxygen atoms in total. The Kier molecular flexibility index (Phi) is 5.38. The van der Waals surface area contributed by atoms with Gasteiger partial charge in [0.05, 0.1) is 6.61 Å². The van der Waals surface area contributed by atoms with Crippen LogP contribution in [-0.2, 0) is 0 Å². The summed E-state index contributed by atoms with van der Waals surface area (Å²) in [4.78, 5) is 11.9. The van der Waals surface area contributed by atoms with Gasteiger partial charge in [-0.25, -0.2) is 0 Å². The van der Waals surface area contributed by atoms with Crippen molar-refractivity contribution in [1.82, 2.24) is 0 Å². The summed E-state index contributed by atoms with van der Waals surface area (Å²) in [7, 11) is 0. The van der Waals surface area contributed by atoms with Crippen molar-refractivity contribution in [1.29, 1.82) is 0 Å². The van der Waals surface area contributed by atoms with Crippen molar-refractivity contribution in [3.63, 3.8) is 0 Å². The number of ketones is 1. The molecule has 0 saturated carbocycles. The van der Waals surface area contributed by atoms with Crippen LogP contribution in [-0.4, -0.2) is 17.5 Å². The average molecular weight is 284 g/mol. The first-order chi connectivity index (χ1) is 10.2. The van der Waals surface area contributed by atoms with Gasteiger partial charge >= 0.3 is 0 Å². The molecule has 0 unspecified atom stereocenters. The van der Waals surface area contributed by atoms with Gasteiger partial charge in [0.1, 0.15) is 11.5 Å². The smallest absolute Gasteiger partial charge is 0.162 e. The van der Waals surface area contributed by atoms with Crippen molar-refractivity contribution in [2.75, 3.05) is 6.61 Å². The van der Waals surface area contributed by atoms with Crippen LogP contribution in [0.5, 0.6) is 11.5 Å². The summed E-state index contributed by atoms with van der Waals surface area (Å²) < 4.78 is 5.70. The summed E-state index contributed by atoms with van der Waals surface area (Å²) in [6.45, 7) is 2.64. The van der Waals surface area contributed by atoms with Crippen LogP contribution in [0.2, 0.25) is 0 Å². The number of ether oxygens (including phenoxy) is 1. The quantitative estimate of drug-likeness (QED) is 0.614. The second-order valence-electron chi connectivity index (χ2n) is 5.04. The largest absolute Gasteiger partial charge is 0.508 e. The van der Waals surface area contributed by atoms with E-state index in [1.165, 1.54) is 12.1 Å². The van der Waals surface area contributed by atoms with E-state index < -0.39 is 0 Å². The van der Waals surface area contributed by atoms with Gasteiger partial charge in [-0.15, -0.1) is 0 Å². The Bertz CT molecular complexity index is 588. The van der Waals surface area contributed by atoms with E-state index in [9.17, 15) is 9.90 Å². The van der Waals surface area contributed by atoms with E-state index in [-0.39, 0.29) is 11.5 Å². The van der Waals surface area contributed by atoms with Crippen LogP contribution in [0.3, 0.4) is 0 Å². The monoisotopic (exact) mass is 284 g/mol. The third kappa shape index (κ3) is 4.63. The summed E-state index contributed by atoms with van der Waals surface area (Å²) in [6, 6.07) is 14.3. The summed E-state index contributed by atoms with van der Waals surface area (Å²) in [5.41, 5.74) is 1.77. The van der Waals surface area contributed by atoms with Crippen LogP contribution in [0, 0.1) is 6.92 Å². The van der Waals surface area contributed by atoms with Gasteiger partial charge in [0, 0.05) is 12.0 Å². The van der Waals surface area contributed by atoms with E-state index in [0.717, 1.165) is 24.2 Å². The van der Waals surface area contributed by atoms with Crippen LogP contribution < -0.4 is 4.74 Å². The van der Waals surface area contributed by atoms with E-state index >= 15 is 0 Å². The molecule has 0 amide bonds. The van der Waals surface area contributed by atoms with Crippen LogP contribution in [0.15, 0.2) is 48.5 Å². The zero-order valence-electron chi connectivity index (χ0n) is 12.2. The number of aromatic hydroxyl groups is 1. The van der Waals surface area contributed by atoms with E-state index in [1.54, 1.807) is 12.1 Å². The predicted octanol–water partition coefficient (Wildman–Crippen LogP) is 4.13. The zero-order valence-corrected chi connectivity index (χ0v) is 12.2. The van der Waals surface area contributed by atoms with Crippen molar-refractivity contribution in [2.45, 2.75) is 26.2 Å². The van der Waals surface area contributed by atoms with Crippen LogP contribution in [0.4, 0.5) is 0 Å². The maximum absolute atomic E-state index is 11.9. The first-order valence-corrected chi connectivity index (χ1v) is 7.17. The van der Waals surface area contributed by atoms with Crippen molar-refractivity contribution < 1.29 is 14.6 Å². The van der Waals surface area contributed by atoms with E-state index in [4.69, 9.17) is 4.74 Å². The molecule has 0 bridgehead atoms. The molecule has 0 aromatic heterocycles. The summed E-state index contributed by atoms with van der Waals surface area (Å²) >= 11 is 0. The minimum absolute atomic E-state index is 0.103. The zero-order chi connectivity index (χ0) is 15.1. The summed E-state index contributed by atoms with van der Waals surface area (Å²) in [5.74, 6) is 1.19. The second kappa shape index (κ2) is 7.48. The molecule has 0 aliphatic heterocycles. The lowest BCUT2D eigenvalue weighted by molar-refractivity contribution is 0.0978. The van der Waals surface area contributed by atoms with Crippen LogP contribution in [0.1, 0.15) is 35.2 Å². The van der Waals surface area contributed by atoms with E-state index in [0.29, 0.717) is 18.6 Å². The number of phenolic OH excluding ortho intramolecular Hbond substituents is 1. The molecule has 0 atom stereocenters. The molecule has 0 radical (unpaired) electrons. The molecule has 2 aromatic rings. The summed E-state index contributed by atoms with van der Waals surface area (Å²) in [5, 5.41) is 9.19. The minimum Gasteiger partial charge on any atom is -0.508 e. The van der Waals surface area contributed by atoms with Gasteiger partial charge in [-0.05, 0) is 55.7 Å². The lowest BCUT2D eigenvalue weighted by Crippen LogP contribution is -2.02. The van der Waals surface area contributed by atoms with Gasteiger partial charge in [-0.3, -0.25) is 4.79 Å². The van der Waals surface area contributed by atoms with Gasteiger partial charge < -0.3 is 9.84 Å². The molecule has 0 aliphatic rings. The Morgan fingerprint density at radius 3 is 2.48 bits per heavy atom. The number of aryl methyl sites for hydroxylation is 1. The molecule has 0 saturated heterocycles. The molecule has 2 aromatic carbocycles. The second-order valence-corrected chi connectivity index (χ2v) is 5.04. The predicted molar refractivity (Wildman–Crippen MR) is 83.0 cm³/mol. The Hall–Kier alpha value is -2.29. The lowest BCUT2D eigenvalue weighted by Gasteiger charge is -2.08. The van der Waals surface area contributed by atoms with Crippen LogP contribution in [0.25, 0.3) is 0 Å². The number of phenols is 1. The van der Waals surface area contributed by atoms with Crippen molar-refractivity contribution in [2.24, 2.45) is 0 Å². The van der Waals surface area contributed by atoms with Gasteiger partial charge in [0.15, 0.2) is 5.78 Å². The summed E-state index contributed by atoms with van der Waals surface area (Å²) in [6.07, 6.45) is 2.14. The molecule has 0 heterocycles. The van der Waals surface area contributed by atoms with Crippen molar-refractivity contribution in [3.05, 3.63) is 59.7 Å². The van der Waals surface area contributed by atoms with Gasteiger partial charge in [-0.2, -0.15) is 0 Å². The number of hydrogen-bond acceptors (Lipinski definition) is 3. The number of carbonyl (C=O) groups is 1. The number of carbonyl (C=O) groups excluding carboxylic acids is 1. The average Bonchev–Trinajstić information content (AvgIpc) is 2.49. The standard InChI is InChI=1S/C18H20O3/c1-14-6-2-3-8-18(14)21-13-5-4-7-17(20)15-9-11-16(19)12-10-15/h2-3,6,8-12,19H,4-5,7,13H2,1H3. The fraction of sp³-hybridized carbons (Fsp3) is 0.278. The SMILES string of the molecule is Cc1ccccc1OCCCCC(=O)c1ccc(O)cc1. The van der Waals surface area contributed by atoms with E-state index in [2.05, 4.69) is 0 Å². The highest BCUT2D eigenvalue weighted by atomic mass is 16.5. The topological polar surface area (TPSA) is 46.5 Å². The highest BCUT2D eigenvalue weighted by Gasteiger charge is 2.05. The Morgan fingerprint density at radius 1 is 1.05 bits per heavy atom. The number of Topliss-reactive ketones (excluding diaryl/α,β-unsaturated/α-hetero) is 1. The molecule has 0 fully saturated rings. The maximum Gasteiger partial charge on any atom is 0.162 e.